The Morgan fingerprint density at radius 2 is 1.65 bits per heavy atom. The zero-order valence-electron chi connectivity index (χ0n) is 18.9. The SMILES string of the molecule is COc1cccc(C(=O)N2CCN(C(=O)C3CCCCN3C(=O)OC(C)(C)C)CC2)c1. The van der Waals surface area contributed by atoms with E-state index in [9.17, 15) is 14.4 Å². The largest absolute Gasteiger partial charge is 0.497 e. The van der Waals surface area contributed by atoms with Gasteiger partial charge in [-0.1, -0.05) is 6.07 Å². The Morgan fingerprint density at radius 1 is 0.968 bits per heavy atom. The Morgan fingerprint density at radius 3 is 2.29 bits per heavy atom. The van der Waals surface area contributed by atoms with Crippen LogP contribution in [-0.4, -0.2) is 84.1 Å². The molecule has 0 bridgehead atoms. The van der Waals surface area contributed by atoms with Crippen LogP contribution in [0, 0.1) is 0 Å². The second kappa shape index (κ2) is 9.58. The molecule has 1 aromatic rings. The number of benzene rings is 1. The summed E-state index contributed by atoms with van der Waals surface area (Å²) in [5.74, 6) is 0.511. The minimum Gasteiger partial charge on any atom is -0.497 e. The van der Waals surface area contributed by atoms with Crippen LogP contribution >= 0.6 is 0 Å². The molecule has 2 saturated heterocycles. The molecule has 1 aromatic carbocycles. The molecule has 0 radical (unpaired) electrons. The van der Waals surface area contributed by atoms with Gasteiger partial charge >= 0.3 is 6.09 Å². The van der Waals surface area contributed by atoms with E-state index in [4.69, 9.17) is 9.47 Å². The van der Waals surface area contributed by atoms with Gasteiger partial charge in [-0.05, 0) is 58.2 Å². The first-order valence-corrected chi connectivity index (χ1v) is 10.9. The fraction of sp³-hybridized carbons (Fsp3) is 0.609. The molecule has 170 valence electrons. The first-order valence-electron chi connectivity index (χ1n) is 10.9. The Kier molecular flexibility index (Phi) is 7.08. The van der Waals surface area contributed by atoms with E-state index in [0.29, 0.717) is 50.5 Å². The second-order valence-corrected chi connectivity index (χ2v) is 9.03. The first kappa shape index (κ1) is 22.9. The maximum atomic E-state index is 13.2. The molecular formula is C23H33N3O5. The van der Waals surface area contributed by atoms with Gasteiger partial charge in [0.1, 0.15) is 17.4 Å². The molecule has 2 heterocycles. The van der Waals surface area contributed by atoms with E-state index in [2.05, 4.69) is 0 Å². The lowest BCUT2D eigenvalue weighted by atomic mass is 10.0. The standard InChI is InChI=1S/C23H33N3O5/c1-23(2,3)31-22(29)26-11-6-5-10-19(26)21(28)25-14-12-24(13-15-25)20(27)17-8-7-9-18(16-17)30-4/h7-9,16,19H,5-6,10-15H2,1-4H3. The number of likely N-dealkylation sites (tertiary alicyclic amines) is 1. The zero-order chi connectivity index (χ0) is 22.6. The van der Waals surface area contributed by atoms with Crippen molar-refractivity contribution in [1.82, 2.24) is 14.7 Å². The van der Waals surface area contributed by atoms with Crippen LogP contribution in [0.2, 0.25) is 0 Å². The van der Waals surface area contributed by atoms with Crippen LogP contribution in [0.4, 0.5) is 4.79 Å². The van der Waals surface area contributed by atoms with Gasteiger partial charge in [0, 0.05) is 38.3 Å². The minimum absolute atomic E-state index is 0.0564. The van der Waals surface area contributed by atoms with Crippen molar-refractivity contribution in [2.45, 2.75) is 51.7 Å². The lowest BCUT2D eigenvalue weighted by Crippen LogP contribution is -2.58. The third kappa shape index (κ3) is 5.68. The predicted molar refractivity (Wildman–Crippen MR) is 116 cm³/mol. The molecule has 0 saturated carbocycles. The number of carbonyl (C=O) groups is 3. The summed E-state index contributed by atoms with van der Waals surface area (Å²) in [4.78, 5) is 43.8. The van der Waals surface area contributed by atoms with Gasteiger partial charge in [-0.3, -0.25) is 14.5 Å². The summed E-state index contributed by atoms with van der Waals surface area (Å²) in [6.45, 7) is 7.82. The normalized spacial score (nSPS) is 19.7. The molecule has 8 heteroatoms. The minimum atomic E-state index is -0.603. The summed E-state index contributed by atoms with van der Waals surface area (Å²) < 4.78 is 10.7. The number of ether oxygens (including phenoxy) is 2. The van der Waals surface area contributed by atoms with Crippen molar-refractivity contribution in [3.63, 3.8) is 0 Å². The van der Waals surface area contributed by atoms with Crippen LogP contribution in [0.15, 0.2) is 24.3 Å². The maximum absolute atomic E-state index is 13.2. The Balaban J connectivity index is 1.60. The summed E-state index contributed by atoms with van der Waals surface area (Å²) in [6, 6.07) is 6.59. The number of amides is 3. The quantitative estimate of drug-likeness (QED) is 0.735. The summed E-state index contributed by atoms with van der Waals surface area (Å²) >= 11 is 0. The number of hydrogen-bond donors (Lipinski definition) is 0. The van der Waals surface area contributed by atoms with Gasteiger partial charge in [0.15, 0.2) is 0 Å². The molecule has 31 heavy (non-hydrogen) atoms. The summed E-state index contributed by atoms with van der Waals surface area (Å²) in [5.41, 5.74) is -0.0312. The number of nitrogens with zero attached hydrogens (tertiary/aromatic N) is 3. The van der Waals surface area contributed by atoms with Crippen molar-refractivity contribution in [2.75, 3.05) is 39.8 Å². The number of piperazine rings is 1. The van der Waals surface area contributed by atoms with E-state index in [1.54, 1.807) is 46.1 Å². The molecule has 0 spiro atoms. The lowest BCUT2D eigenvalue weighted by Gasteiger charge is -2.41. The molecular weight excluding hydrogens is 398 g/mol. The highest BCUT2D eigenvalue weighted by atomic mass is 16.6. The first-order chi connectivity index (χ1) is 14.7. The van der Waals surface area contributed by atoms with E-state index >= 15 is 0 Å². The molecule has 0 aliphatic carbocycles. The van der Waals surface area contributed by atoms with Crippen molar-refractivity contribution in [3.8, 4) is 5.75 Å². The van der Waals surface area contributed by atoms with Crippen molar-refractivity contribution in [3.05, 3.63) is 29.8 Å². The molecule has 8 nitrogen and oxygen atoms in total. The molecule has 1 atom stereocenters. The van der Waals surface area contributed by atoms with Crippen LogP contribution in [0.3, 0.4) is 0 Å². The third-order valence-electron chi connectivity index (χ3n) is 5.61. The Hall–Kier alpha value is -2.77. The maximum Gasteiger partial charge on any atom is 0.410 e. The fourth-order valence-electron chi connectivity index (χ4n) is 4.01. The molecule has 0 N–H and O–H groups in total. The molecule has 3 rings (SSSR count). The van der Waals surface area contributed by atoms with Gasteiger partial charge in [0.05, 0.1) is 7.11 Å². The van der Waals surface area contributed by atoms with E-state index in [1.165, 1.54) is 0 Å². The Bertz CT molecular complexity index is 812. The van der Waals surface area contributed by atoms with Crippen LogP contribution < -0.4 is 4.74 Å². The van der Waals surface area contributed by atoms with Gasteiger partial charge in [0.25, 0.3) is 5.91 Å². The van der Waals surface area contributed by atoms with Crippen LogP contribution in [0.25, 0.3) is 0 Å². The van der Waals surface area contributed by atoms with Gasteiger partial charge in [-0.25, -0.2) is 4.79 Å². The average Bonchev–Trinajstić information content (AvgIpc) is 2.77. The van der Waals surface area contributed by atoms with Crippen molar-refractivity contribution >= 4 is 17.9 Å². The molecule has 2 fully saturated rings. The van der Waals surface area contributed by atoms with E-state index < -0.39 is 17.7 Å². The highest BCUT2D eigenvalue weighted by Gasteiger charge is 2.38. The van der Waals surface area contributed by atoms with Crippen molar-refractivity contribution in [1.29, 1.82) is 0 Å². The number of piperidine rings is 1. The highest BCUT2D eigenvalue weighted by Crippen LogP contribution is 2.23. The molecule has 3 amide bonds. The average molecular weight is 432 g/mol. The van der Waals surface area contributed by atoms with Gasteiger partial charge in [0.2, 0.25) is 5.91 Å². The smallest absolute Gasteiger partial charge is 0.410 e. The van der Waals surface area contributed by atoms with Crippen LogP contribution in [0.5, 0.6) is 5.75 Å². The lowest BCUT2D eigenvalue weighted by molar-refractivity contribution is -0.139. The molecule has 2 aliphatic rings. The monoisotopic (exact) mass is 431 g/mol. The molecule has 1 unspecified atom stereocenters. The molecule has 0 aromatic heterocycles. The second-order valence-electron chi connectivity index (χ2n) is 9.03. The van der Waals surface area contributed by atoms with Crippen LogP contribution in [0.1, 0.15) is 50.4 Å². The Labute approximate surface area is 184 Å². The number of methoxy groups -OCH3 is 1. The van der Waals surface area contributed by atoms with Gasteiger partial charge in [-0.2, -0.15) is 0 Å². The van der Waals surface area contributed by atoms with Gasteiger partial charge in [-0.15, -0.1) is 0 Å². The van der Waals surface area contributed by atoms with E-state index in [-0.39, 0.29) is 11.8 Å². The summed E-state index contributed by atoms with van der Waals surface area (Å²) in [7, 11) is 1.57. The highest BCUT2D eigenvalue weighted by molar-refractivity contribution is 5.95. The summed E-state index contributed by atoms with van der Waals surface area (Å²) in [6.07, 6.45) is 1.98. The topological polar surface area (TPSA) is 79.4 Å². The zero-order valence-corrected chi connectivity index (χ0v) is 18.9. The summed E-state index contributed by atoms with van der Waals surface area (Å²) in [5, 5.41) is 0. The van der Waals surface area contributed by atoms with Crippen LogP contribution in [-0.2, 0) is 9.53 Å². The van der Waals surface area contributed by atoms with Crippen molar-refractivity contribution < 1.29 is 23.9 Å². The number of hydrogen-bond acceptors (Lipinski definition) is 5. The number of rotatable bonds is 3. The van der Waals surface area contributed by atoms with Crippen molar-refractivity contribution in [2.24, 2.45) is 0 Å². The predicted octanol–water partition coefficient (Wildman–Crippen LogP) is 2.77. The fourth-order valence-corrected chi connectivity index (χ4v) is 4.01. The third-order valence-corrected chi connectivity index (χ3v) is 5.61. The molecule has 2 aliphatic heterocycles. The van der Waals surface area contributed by atoms with E-state index in [0.717, 1.165) is 12.8 Å². The van der Waals surface area contributed by atoms with Gasteiger partial charge < -0.3 is 19.3 Å². The van der Waals surface area contributed by atoms with E-state index in [1.807, 2.05) is 20.8 Å². The number of carbonyl (C=O) groups excluding carboxylic acids is 3.